The topological polar surface area (TPSA) is 65.8 Å². The molecule has 4 heterocycles. The molecule has 0 aliphatic carbocycles. The molecule has 0 saturated carbocycles. The summed E-state index contributed by atoms with van der Waals surface area (Å²) in [5.74, 6) is 1.65. The Morgan fingerprint density at radius 1 is 1.42 bits per heavy atom. The average molecular weight is 378 g/mol. The van der Waals surface area contributed by atoms with Gasteiger partial charge in [0.05, 0.1) is 17.2 Å². The number of hydrogen-bond acceptors (Lipinski definition) is 5. The fourth-order valence-corrected chi connectivity index (χ4v) is 5.88. The van der Waals surface area contributed by atoms with Crippen molar-refractivity contribution in [3.05, 3.63) is 24.2 Å². The summed E-state index contributed by atoms with van der Waals surface area (Å²) in [6.07, 6.45) is 6.72. The first-order chi connectivity index (χ1) is 12.6. The number of furan rings is 1. The van der Waals surface area contributed by atoms with E-state index in [9.17, 15) is 9.59 Å². The number of thioether (sulfide) groups is 1. The van der Waals surface area contributed by atoms with E-state index in [1.807, 2.05) is 17.0 Å². The van der Waals surface area contributed by atoms with Gasteiger partial charge in [-0.2, -0.15) is 0 Å². The maximum atomic E-state index is 12.9. The summed E-state index contributed by atoms with van der Waals surface area (Å²) in [6.45, 7) is 4.66. The second-order valence-electron chi connectivity index (χ2n) is 7.64. The van der Waals surface area contributed by atoms with Crippen LogP contribution in [0, 0.1) is 0 Å². The van der Waals surface area contributed by atoms with Crippen molar-refractivity contribution >= 4 is 23.6 Å². The van der Waals surface area contributed by atoms with E-state index >= 15 is 0 Å². The Morgan fingerprint density at radius 3 is 2.96 bits per heavy atom. The van der Waals surface area contributed by atoms with Crippen LogP contribution in [-0.2, 0) is 9.59 Å². The summed E-state index contributed by atoms with van der Waals surface area (Å²) in [7, 11) is 0. The van der Waals surface area contributed by atoms with E-state index in [0.29, 0.717) is 18.7 Å². The van der Waals surface area contributed by atoms with Gasteiger partial charge >= 0.3 is 0 Å². The molecule has 2 amide bonds. The maximum absolute atomic E-state index is 12.9. The summed E-state index contributed by atoms with van der Waals surface area (Å²) in [4.78, 5) is 29.1. The van der Waals surface area contributed by atoms with Crippen LogP contribution in [0.3, 0.4) is 0 Å². The van der Waals surface area contributed by atoms with Crippen LogP contribution in [0.2, 0.25) is 0 Å². The lowest BCUT2D eigenvalue weighted by Gasteiger charge is -2.34. The lowest BCUT2D eigenvalue weighted by atomic mass is 10.1. The van der Waals surface area contributed by atoms with Crippen molar-refractivity contribution in [3.8, 4) is 0 Å². The molecule has 3 aliphatic heterocycles. The van der Waals surface area contributed by atoms with Gasteiger partial charge in [-0.1, -0.05) is 6.42 Å². The van der Waals surface area contributed by atoms with E-state index in [0.717, 1.165) is 25.3 Å². The number of piperidine rings is 1. The molecule has 1 aromatic rings. The Labute approximate surface area is 158 Å². The quantitative estimate of drug-likeness (QED) is 0.853. The molecule has 3 fully saturated rings. The predicted molar refractivity (Wildman–Crippen MR) is 101 cm³/mol. The second kappa shape index (κ2) is 7.27. The van der Waals surface area contributed by atoms with Crippen LogP contribution >= 0.6 is 11.8 Å². The molecule has 0 bridgehead atoms. The first-order valence-electron chi connectivity index (χ1n) is 9.60. The van der Waals surface area contributed by atoms with Crippen molar-refractivity contribution in [1.82, 2.24) is 15.1 Å². The highest BCUT2D eigenvalue weighted by Gasteiger charge is 2.52. The van der Waals surface area contributed by atoms with Crippen molar-refractivity contribution in [2.75, 3.05) is 25.4 Å². The summed E-state index contributed by atoms with van der Waals surface area (Å²) in [5, 5.41) is 3.11. The minimum Gasteiger partial charge on any atom is -0.468 e. The number of amides is 2. The number of nitrogens with zero attached hydrogens (tertiary/aromatic N) is 2. The summed E-state index contributed by atoms with van der Waals surface area (Å²) >= 11 is 1.73. The van der Waals surface area contributed by atoms with Gasteiger partial charge in [0, 0.05) is 18.7 Å². The zero-order valence-electron chi connectivity index (χ0n) is 15.3. The minimum absolute atomic E-state index is 0.0370. The highest BCUT2D eigenvalue weighted by molar-refractivity contribution is 8.01. The number of carbonyl (C=O) groups excluding carboxylic acids is 2. The molecule has 1 N–H and O–H groups in total. The van der Waals surface area contributed by atoms with Crippen LogP contribution in [0.15, 0.2) is 22.8 Å². The van der Waals surface area contributed by atoms with Gasteiger partial charge in [-0.3, -0.25) is 14.5 Å². The highest BCUT2D eigenvalue weighted by atomic mass is 32.2. The van der Waals surface area contributed by atoms with Crippen LogP contribution in [0.25, 0.3) is 0 Å². The van der Waals surface area contributed by atoms with Gasteiger partial charge < -0.3 is 14.6 Å². The van der Waals surface area contributed by atoms with Crippen molar-refractivity contribution in [3.63, 3.8) is 0 Å². The lowest BCUT2D eigenvalue weighted by molar-refractivity contribution is -0.138. The lowest BCUT2D eigenvalue weighted by Crippen LogP contribution is -2.51. The standard InChI is InChI=1S/C19H27N3O3S/c1-19-8-7-17(23)22(19)15(13-26-19)18(24)20-12-14(16-6-5-11-25-16)21-9-3-2-4-10-21/h5-6,11,14-15H,2-4,7-10,12-13H2,1H3,(H,20,24). The smallest absolute Gasteiger partial charge is 0.243 e. The monoisotopic (exact) mass is 377 g/mol. The fourth-order valence-electron chi connectivity index (χ4n) is 4.45. The van der Waals surface area contributed by atoms with Gasteiger partial charge in [-0.15, -0.1) is 11.8 Å². The van der Waals surface area contributed by atoms with Crippen molar-refractivity contribution in [1.29, 1.82) is 0 Å². The number of nitrogens with one attached hydrogen (secondary N) is 1. The van der Waals surface area contributed by atoms with Crippen LogP contribution in [-0.4, -0.2) is 57.9 Å². The molecule has 0 aromatic carbocycles. The third-order valence-electron chi connectivity index (χ3n) is 5.92. The second-order valence-corrected chi connectivity index (χ2v) is 9.14. The molecule has 3 aliphatic rings. The maximum Gasteiger partial charge on any atom is 0.243 e. The SMILES string of the molecule is CC12CCC(=O)N1C(C(=O)NCC(c1ccco1)N1CCCCC1)CS2. The van der Waals surface area contributed by atoms with Crippen molar-refractivity contribution in [2.45, 2.75) is 56.0 Å². The largest absolute Gasteiger partial charge is 0.468 e. The molecule has 1 aromatic heterocycles. The van der Waals surface area contributed by atoms with Crippen LogP contribution < -0.4 is 5.32 Å². The third-order valence-corrected chi connectivity index (χ3v) is 7.43. The molecule has 7 heteroatoms. The Hall–Kier alpha value is -1.47. The number of hydrogen-bond donors (Lipinski definition) is 1. The molecule has 26 heavy (non-hydrogen) atoms. The van der Waals surface area contributed by atoms with Crippen LogP contribution in [0.4, 0.5) is 0 Å². The molecule has 0 radical (unpaired) electrons. The summed E-state index contributed by atoms with van der Waals surface area (Å²) in [6, 6.07) is 3.59. The van der Waals surface area contributed by atoms with Gasteiger partial charge in [0.1, 0.15) is 11.8 Å². The van der Waals surface area contributed by atoms with Gasteiger partial charge in [0.15, 0.2) is 0 Å². The van der Waals surface area contributed by atoms with Gasteiger partial charge in [-0.25, -0.2) is 0 Å². The average Bonchev–Trinajstić information content (AvgIpc) is 3.35. The summed E-state index contributed by atoms with van der Waals surface area (Å²) in [5.41, 5.74) is 0. The molecule has 3 unspecified atom stereocenters. The Morgan fingerprint density at radius 2 is 2.23 bits per heavy atom. The summed E-state index contributed by atoms with van der Waals surface area (Å²) < 4.78 is 5.65. The zero-order chi connectivity index (χ0) is 18.1. The number of fused-ring (bicyclic) bond motifs is 1. The normalized spacial score (nSPS) is 30.4. The fraction of sp³-hybridized carbons (Fsp3) is 0.684. The van der Waals surface area contributed by atoms with Gasteiger partial charge in [0.25, 0.3) is 0 Å². The van der Waals surface area contributed by atoms with Crippen LogP contribution in [0.1, 0.15) is 50.8 Å². The Kier molecular flexibility index (Phi) is 5.01. The molecule has 3 saturated heterocycles. The third kappa shape index (κ3) is 3.27. The van der Waals surface area contributed by atoms with E-state index in [1.165, 1.54) is 19.3 Å². The van der Waals surface area contributed by atoms with E-state index in [2.05, 4.69) is 17.1 Å². The molecule has 0 spiro atoms. The van der Waals surface area contributed by atoms with Crippen molar-refractivity contribution < 1.29 is 14.0 Å². The molecule has 4 rings (SSSR count). The first kappa shape index (κ1) is 17.9. The van der Waals surface area contributed by atoms with Gasteiger partial charge in [-0.05, 0) is 51.4 Å². The zero-order valence-corrected chi connectivity index (χ0v) is 16.1. The van der Waals surface area contributed by atoms with E-state index < -0.39 is 0 Å². The van der Waals surface area contributed by atoms with E-state index in [4.69, 9.17) is 4.42 Å². The van der Waals surface area contributed by atoms with E-state index in [-0.39, 0.29) is 28.8 Å². The minimum atomic E-state index is -0.349. The first-order valence-corrected chi connectivity index (χ1v) is 10.6. The van der Waals surface area contributed by atoms with Crippen LogP contribution in [0.5, 0.6) is 0 Å². The molecule has 3 atom stereocenters. The predicted octanol–water partition coefficient (Wildman–Crippen LogP) is 2.38. The van der Waals surface area contributed by atoms with Gasteiger partial charge in [0.2, 0.25) is 11.8 Å². The Bertz CT molecular complexity index is 659. The van der Waals surface area contributed by atoms with E-state index in [1.54, 1.807) is 18.0 Å². The molecular weight excluding hydrogens is 350 g/mol. The number of likely N-dealkylation sites (tertiary alicyclic amines) is 1. The molecule has 6 nitrogen and oxygen atoms in total. The number of rotatable bonds is 5. The Balaban J connectivity index is 1.42. The van der Waals surface area contributed by atoms with Crippen molar-refractivity contribution in [2.24, 2.45) is 0 Å². The number of carbonyl (C=O) groups is 2. The molecular formula is C19H27N3O3S. The molecule has 142 valence electrons. The highest BCUT2D eigenvalue weighted by Crippen LogP contribution is 2.47.